The highest BCUT2D eigenvalue weighted by molar-refractivity contribution is 5.29. The highest BCUT2D eigenvalue weighted by Gasteiger charge is 2.20. The minimum atomic E-state index is -0.493. The van der Waals surface area contributed by atoms with Gasteiger partial charge in [-0.15, -0.1) is 0 Å². The van der Waals surface area contributed by atoms with Gasteiger partial charge < -0.3 is 14.4 Å². The van der Waals surface area contributed by atoms with Crippen LogP contribution in [0.2, 0.25) is 0 Å². The molecule has 0 spiro atoms. The predicted octanol–water partition coefficient (Wildman–Crippen LogP) is 1.53. The molecule has 124 valence electrons. The normalized spacial score (nSPS) is 18.0. The fourth-order valence-corrected chi connectivity index (χ4v) is 2.88. The van der Waals surface area contributed by atoms with E-state index < -0.39 is 6.10 Å². The first-order chi connectivity index (χ1) is 11.2. The third-order valence-corrected chi connectivity index (χ3v) is 4.25. The fraction of sp³-hybridized carbons (Fsp3) is 0.471. The molecular formula is C17H23N3O3. The lowest BCUT2D eigenvalue weighted by Gasteiger charge is -2.35. The molecule has 0 radical (unpaired) electrons. The Balaban J connectivity index is 1.48. The van der Waals surface area contributed by atoms with E-state index in [-0.39, 0.29) is 0 Å². The number of aromatic nitrogens is 1. The second-order valence-corrected chi connectivity index (χ2v) is 5.86. The van der Waals surface area contributed by atoms with Crippen LogP contribution in [0.1, 0.15) is 17.4 Å². The number of ether oxygens (including phenoxy) is 1. The van der Waals surface area contributed by atoms with E-state index in [2.05, 4.69) is 15.0 Å². The van der Waals surface area contributed by atoms with Crippen molar-refractivity contribution in [2.75, 3.05) is 39.8 Å². The minimum absolute atomic E-state index is 0.493. The molecule has 1 saturated heterocycles. The van der Waals surface area contributed by atoms with Crippen molar-refractivity contribution in [1.29, 1.82) is 0 Å². The number of β-amino-alcohol motifs (C(OH)–C–C–N with tert-alkyl or cyclic N) is 1. The summed E-state index contributed by atoms with van der Waals surface area (Å²) in [6.07, 6.45) is 1.11. The van der Waals surface area contributed by atoms with Crippen molar-refractivity contribution in [2.24, 2.45) is 0 Å². The van der Waals surface area contributed by atoms with Gasteiger partial charge in [0.2, 0.25) is 0 Å². The zero-order chi connectivity index (χ0) is 16.1. The SMILES string of the molecule is COc1cccc(C(O)CN2CCN(Cc3ccon3)CC2)c1. The summed E-state index contributed by atoms with van der Waals surface area (Å²) < 4.78 is 10.1. The van der Waals surface area contributed by atoms with Crippen molar-refractivity contribution in [2.45, 2.75) is 12.6 Å². The van der Waals surface area contributed by atoms with Crippen LogP contribution in [0, 0.1) is 0 Å². The summed E-state index contributed by atoms with van der Waals surface area (Å²) in [5.74, 6) is 0.777. The topological polar surface area (TPSA) is 62.0 Å². The summed E-state index contributed by atoms with van der Waals surface area (Å²) in [6.45, 7) is 5.29. The van der Waals surface area contributed by atoms with Gasteiger partial charge >= 0.3 is 0 Å². The molecule has 1 aliphatic heterocycles. The van der Waals surface area contributed by atoms with E-state index in [4.69, 9.17) is 9.26 Å². The fourth-order valence-electron chi connectivity index (χ4n) is 2.88. The van der Waals surface area contributed by atoms with Crippen LogP contribution in [0.4, 0.5) is 0 Å². The van der Waals surface area contributed by atoms with E-state index in [1.165, 1.54) is 0 Å². The van der Waals surface area contributed by atoms with Crippen molar-refractivity contribution in [3.63, 3.8) is 0 Å². The van der Waals surface area contributed by atoms with Crippen LogP contribution in [0.15, 0.2) is 41.1 Å². The number of hydrogen-bond donors (Lipinski definition) is 1. The van der Waals surface area contributed by atoms with Gasteiger partial charge in [-0.3, -0.25) is 9.80 Å². The molecule has 0 bridgehead atoms. The lowest BCUT2D eigenvalue weighted by molar-refractivity contribution is 0.0692. The highest BCUT2D eigenvalue weighted by Crippen LogP contribution is 2.20. The molecule has 2 heterocycles. The summed E-state index contributed by atoms with van der Waals surface area (Å²) in [5, 5.41) is 14.4. The van der Waals surface area contributed by atoms with Crippen molar-refractivity contribution in [1.82, 2.24) is 15.0 Å². The number of rotatable bonds is 6. The molecule has 1 unspecified atom stereocenters. The van der Waals surface area contributed by atoms with Gasteiger partial charge in [0.1, 0.15) is 12.0 Å². The smallest absolute Gasteiger partial charge is 0.124 e. The number of piperazine rings is 1. The summed E-state index contributed by atoms with van der Waals surface area (Å²) in [6, 6.07) is 9.53. The first-order valence-corrected chi connectivity index (χ1v) is 7.90. The maximum atomic E-state index is 10.4. The Bertz CT molecular complexity index is 595. The molecule has 1 N–H and O–H groups in total. The average molecular weight is 317 g/mol. The van der Waals surface area contributed by atoms with Gasteiger partial charge in [0.25, 0.3) is 0 Å². The van der Waals surface area contributed by atoms with E-state index in [0.29, 0.717) is 6.54 Å². The molecule has 0 saturated carbocycles. The van der Waals surface area contributed by atoms with Crippen LogP contribution in [0.5, 0.6) is 5.75 Å². The maximum absolute atomic E-state index is 10.4. The Labute approximate surface area is 136 Å². The molecule has 6 nitrogen and oxygen atoms in total. The summed E-state index contributed by atoms with van der Waals surface area (Å²) in [7, 11) is 1.64. The lowest BCUT2D eigenvalue weighted by Crippen LogP contribution is -2.47. The summed E-state index contributed by atoms with van der Waals surface area (Å²) >= 11 is 0. The van der Waals surface area contributed by atoms with Crippen LogP contribution in [0.3, 0.4) is 0 Å². The second-order valence-electron chi connectivity index (χ2n) is 5.86. The number of aliphatic hydroxyl groups excluding tert-OH is 1. The Kier molecular flexibility index (Phi) is 5.27. The molecule has 0 amide bonds. The second kappa shape index (κ2) is 7.59. The van der Waals surface area contributed by atoms with E-state index in [0.717, 1.165) is 49.7 Å². The lowest BCUT2D eigenvalue weighted by atomic mass is 10.1. The number of hydrogen-bond acceptors (Lipinski definition) is 6. The van der Waals surface area contributed by atoms with Crippen LogP contribution >= 0.6 is 0 Å². The van der Waals surface area contributed by atoms with E-state index >= 15 is 0 Å². The molecule has 1 fully saturated rings. The number of nitrogens with zero attached hydrogens (tertiary/aromatic N) is 3. The van der Waals surface area contributed by atoms with Gasteiger partial charge in [0.15, 0.2) is 0 Å². The molecule has 0 aliphatic carbocycles. The molecule has 1 aromatic heterocycles. The zero-order valence-electron chi connectivity index (χ0n) is 13.4. The van der Waals surface area contributed by atoms with Crippen LogP contribution in [-0.2, 0) is 6.54 Å². The monoisotopic (exact) mass is 317 g/mol. The van der Waals surface area contributed by atoms with Crippen molar-refractivity contribution in [3.8, 4) is 5.75 Å². The summed E-state index contributed by atoms with van der Waals surface area (Å²) in [4.78, 5) is 4.65. The van der Waals surface area contributed by atoms with E-state index in [1.807, 2.05) is 30.3 Å². The molecule has 23 heavy (non-hydrogen) atoms. The van der Waals surface area contributed by atoms with Crippen LogP contribution in [0.25, 0.3) is 0 Å². The third kappa shape index (κ3) is 4.31. The average Bonchev–Trinajstić information content (AvgIpc) is 3.09. The van der Waals surface area contributed by atoms with Crippen molar-refractivity contribution < 1.29 is 14.4 Å². The number of aliphatic hydroxyl groups is 1. The Morgan fingerprint density at radius 1 is 1.22 bits per heavy atom. The van der Waals surface area contributed by atoms with E-state index in [1.54, 1.807) is 13.4 Å². The maximum Gasteiger partial charge on any atom is 0.124 e. The first kappa shape index (κ1) is 16.0. The molecule has 3 rings (SSSR count). The van der Waals surface area contributed by atoms with Crippen LogP contribution < -0.4 is 4.74 Å². The standard InChI is InChI=1S/C17H23N3O3/c1-22-16-4-2-3-14(11-16)17(21)13-20-8-6-19(7-9-20)12-15-5-10-23-18-15/h2-5,10-11,17,21H,6-9,12-13H2,1H3. The minimum Gasteiger partial charge on any atom is -0.497 e. The largest absolute Gasteiger partial charge is 0.497 e. The van der Waals surface area contributed by atoms with Gasteiger partial charge in [-0.1, -0.05) is 17.3 Å². The molecule has 1 aromatic carbocycles. The zero-order valence-corrected chi connectivity index (χ0v) is 13.4. The third-order valence-electron chi connectivity index (χ3n) is 4.25. The van der Waals surface area contributed by atoms with Crippen molar-refractivity contribution >= 4 is 0 Å². The molecule has 1 aliphatic rings. The molecular weight excluding hydrogens is 294 g/mol. The summed E-state index contributed by atoms with van der Waals surface area (Å²) in [5.41, 5.74) is 1.87. The molecule has 2 aromatic rings. The highest BCUT2D eigenvalue weighted by atomic mass is 16.5. The quantitative estimate of drug-likeness (QED) is 0.872. The van der Waals surface area contributed by atoms with Gasteiger partial charge in [-0.05, 0) is 17.7 Å². The molecule has 1 atom stereocenters. The Hall–Kier alpha value is -1.89. The van der Waals surface area contributed by atoms with Gasteiger partial charge in [0, 0.05) is 45.3 Å². The van der Waals surface area contributed by atoms with Crippen LogP contribution in [-0.4, -0.2) is 59.9 Å². The Morgan fingerprint density at radius 2 is 2.00 bits per heavy atom. The van der Waals surface area contributed by atoms with Crippen molar-refractivity contribution in [3.05, 3.63) is 47.9 Å². The predicted molar refractivity (Wildman–Crippen MR) is 86.2 cm³/mol. The first-order valence-electron chi connectivity index (χ1n) is 7.90. The molecule has 6 heteroatoms. The number of methoxy groups -OCH3 is 1. The van der Waals surface area contributed by atoms with Gasteiger partial charge in [0.05, 0.1) is 18.9 Å². The van der Waals surface area contributed by atoms with Gasteiger partial charge in [-0.2, -0.15) is 0 Å². The number of benzene rings is 1. The van der Waals surface area contributed by atoms with E-state index in [9.17, 15) is 5.11 Å². The Morgan fingerprint density at radius 3 is 2.70 bits per heavy atom. The van der Waals surface area contributed by atoms with Gasteiger partial charge in [-0.25, -0.2) is 0 Å².